The van der Waals surface area contributed by atoms with Gasteiger partial charge in [-0.3, -0.25) is 4.79 Å². The average molecular weight is 486 g/mol. The standard InChI is InChI=1S/C26H27N7OS/c1-17-21(29-18(2)34)9-6-10-22(17)31-25-27-16-28-26(32-25)33-13-11-20(12-14-33)24-30-23(15-35-24)19-7-4-3-5-8-19/h3-10,15-16,20H,11-14H2,1-2H3,(H,29,34)(H,27,28,31,32). The maximum atomic E-state index is 11.5. The number of nitrogens with one attached hydrogen (secondary N) is 2. The lowest BCUT2D eigenvalue weighted by Gasteiger charge is -2.31. The molecule has 1 saturated heterocycles. The Bertz CT molecular complexity index is 1320. The van der Waals surface area contributed by atoms with Crippen molar-refractivity contribution in [2.75, 3.05) is 28.6 Å². The van der Waals surface area contributed by atoms with Crippen LogP contribution >= 0.6 is 11.3 Å². The van der Waals surface area contributed by atoms with Crippen LogP contribution < -0.4 is 15.5 Å². The number of nitrogens with zero attached hydrogens (tertiary/aromatic N) is 5. The largest absolute Gasteiger partial charge is 0.341 e. The zero-order valence-electron chi connectivity index (χ0n) is 19.7. The molecule has 9 heteroatoms. The minimum absolute atomic E-state index is 0.106. The SMILES string of the molecule is CC(=O)Nc1cccc(Nc2ncnc(N3CCC(c4nc(-c5ccccc5)cs4)CC3)n2)c1C. The Morgan fingerprint density at radius 1 is 1.00 bits per heavy atom. The third-order valence-electron chi connectivity index (χ3n) is 6.17. The van der Waals surface area contributed by atoms with Gasteiger partial charge in [-0.1, -0.05) is 36.4 Å². The van der Waals surface area contributed by atoms with Gasteiger partial charge >= 0.3 is 0 Å². The van der Waals surface area contributed by atoms with E-state index in [2.05, 4.69) is 48.0 Å². The third-order valence-corrected chi connectivity index (χ3v) is 7.18. The van der Waals surface area contributed by atoms with E-state index >= 15 is 0 Å². The van der Waals surface area contributed by atoms with Crippen LogP contribution in [0.4, 0.5) is 23.3 Å². The highest BCUT2D eigenvalue weighted by molar-refractivity contribution is 7.10. The molecule has 2 N–H and O–H groups in total. The minimum atomic E-state index is -0.106. The van der Waals surface area contributed by atoms with E-state index in [1.807, 2.05) is 43.3 Å². The number of amides is 1. The zero-order valence-corrected chi connectivity index (χ0v) is 20.5. The number of rotatable bonds is 6. The number of aromatic nitrogens is 4. The van der Waals surface area contributed by atoms with Crippen molar-refractivity contribution in [1.82, 2.24) is 19.9 Å². The fourth-order valence-electron chi connectivity index (χ4n) is 4.26. The van der Waals surface area contributed by atoms with Crippen molar-refractivity contribution in [3.8, 4) is 11.3 Å². The second-order valence-corrected chi connectivity index (χ2v) is 9.48. The van der Waals surface area contributed by atoms with Crippen LogP contribution in [0.15, 0.2) is 60.2 Å². The van der Waals surface area contributed by atoms with E-state index in [9.17, 15) is 4.79 Å². The lowest BCUT2D eigenvalue weighted by Crippen LogP contribution is -2.34. The van der Waals surface area contributed by atoms with Crippen LogP contribution in [-0.2, 0) is 4.79 Å². The van der Waals surface area contributed by atoms with Crippen LogP contribution in [0.3, 0.4) is 0 Å². The molecule has 8 nitrogen and oxygen atoms in total. The van der Waals surface area contributed by atoms with Gasteiger partial charge in [-0.2, -0.15) is 4.98 Å². The molecule has 0 radical (unpaired) electrons. The second-order valence-electron chi connectivity index (χ2n) is 8.59. The summed E-state index contributed by atoms with van der Waals surface area (Å²) in [4.78, 5) is 32.0. The fraction of sp³-hybridized carbons (Fsp3) is 0.269. The van der Waals surface area contributed by atoms with Gasteiger partial charge in [0.05, 0.1) is 10.7 Å². The van der Waals surface area contributed by atoms with E-state index in [-0.39, 0.29) is 5.91 Å². The van der Waals surface area contributed by atoms with Crippen molar-refractivity contribution in [3.63, 3.8) is 0 Å². The molecule has 0 unspecified atom stereocenters. The first-order valence-corrected chi connectivity index (χ1v) is 12.5. The molecule has 4 aromatic rings. The van der Waals surface area contributed by atoms with Gasteiger partial charge in [0.1, 0.15) is 6.33 Å². The molecule has 2 aromatic heterocycles. The summed E-state index contributed by atoms with van der Waals surface area (Å²) in [6.45, 7) is 5.18. The van der Waals surface area contributed by atoms with Crippen molar-refractivity contribution in [3.05, 3.63) is 70.8 Å². The van der Waals surface area contributed by atoms with Crippen molar-refractivity contribution >= 4 is 40.5 Å². The molecule has 0 spiro atoms. The van der Waals surface area contributed by atoms with Gasteiger partial charge in [-0.05, 0) is 37.5 Å². The summed E-state index contributed by atoms with van der Waals surface area (Å²) >= 11 is 1.75. The summed E-state index contributed by atoms with van der Waals surface area (Å²) in [6, 6.07) is 16.0. The monoisotopic (exact) mass is 485 g/mol. The van der Waals surface area contributed by atoms with E-state index in [0.29, 0.717) is 17.8 Å². The van der Waals surface area contributed by atoms with Gasteiger partial charge in [0.25, 0.3) is 0 Å². The fourth-order valence-corrected chi connectivity index (χ4v) is 5.26. The summed E-state index contributed by atoms with van der Waals surface area (Å²) in [5.41, 5.74) is 4.74. The van der Waals surface area contributed by atoms with Crippen molar-refractivity contribution in [2.24, 2.45) is 0 Å². The van der Waals surface area contributed by atoms with Gasteiger partial charge in [0, 0.05) is 48.2 Å². The molecule has 35 heavy (non-hydrogen) atoms. The van der Waals surface area contributed by atoms with Crippen LogP contribution in [0.5, 0.6) is 0 Å². The highest BCUT2D eigenvalue weighted by Gasteiger charge is 2.25. The first kappa shape index (κ1) is 22.9. The van der Waals surface area contributed by atoms with Gasteiger partial charge in [-0.25, -0.2) is 15.0 Å². The lowest BCUT2D eigenvalue weighted by molar-refractivity contribution is -0.114. The average Bonchev–Trinajstić information content (AvgIpc) is 3.38. The van der Waals surface area contributed by atoms with Crippen molar-refractivity contribution < 1.29 is 4.79 Å². The Balaban J connectivity index is 1.24. The van der Waals surface area contributed by atoms with Crippen molar-refractivity contribution in [1.29, 1.82) is 0 Å². The molecule has 1 aliphatic heterocycles. The maximum Gasteiger partial charge on any atom is 0.232 e. The zero-order chi connectivity index (χ0) is 24.2. The predicted octanol–water partition coefficient (Wildman–Crippen LogP) is 5.39. The third kappa shape index (κ3) is 5.30. The normalized spacial score (nSPS) is 14.1. The lowest BCUT2D eigenvalue weighted by atomic mass is 9.98. The van der Waals surface area contributed by atoms with E-state index in [1.165, 1.54) is 18.3 Å². The Morgan fingerprint density at radius 3 is 2.54 bits per heavy atom. The Labute approximate surface area is 208 Å². The molecule has 5 rings (SSSR count). The molecule has 1 amide bonds. The van der Waals surface area contributed by atoms with Gasteiger partial charge in [-0.15, -0.1) is 11.3 Å². The van der Waals surface area contributed by atoms with E-state index in [1.54, 1.807) is 11.3 Å². The molecule has 0 bridgehead atoms. The molecule has 178 valence electrons. The Hall–Kier alpha value is -3.85. The predicted molar refractivity (Wildman–Crippen MR) is 140 cm³/mol. The molecule has 2 aromatic carbocycles. The van der Waals surface area contributed by atoms with Crippen LogP contribution in [0.1, 0.15) is 36.3 Å². The van der Waals surface area contributed by atoms with Gasteiger partial charge in [0.2, 0.25) is 17.8 Å². The number of benzene rings is 2. The smallest absolute Gasteiger partial charge is 0.232 e. The molecule has 1 fully saturated rings. The summed E-state index contributed by atoms with van der Waals surface area (Å²) in [5.74, 6) is 1.49. The molecule has 0 saturated carbocycles. The summed E-state index contributed by atoms with van der Waals surface area (Å²) < 4.78 is 0. The molecule has 0 atom stereocenters. The van der Waals surface area contributed by atoms with Crippen molar-refractivity contribution in [2.45, 2.75) is 32.6 Å². The van der Waals surface area contributed by atoms with Gasteiger partial charge in [0.15, 0.2) is 0 Å². The highest BCUT2D eigenvalue weighted by Crippen LogP contribution is 2.34. The summed E-state index contributed by atoms with van der Waals surface area (Å²) in [5, 5.41) is 9.48. The minimum Gasteiger partial charge on any atom is -0.341 e. The molecular weight excluding hydrogens is 458 g/mol. The highest BCUT2D eigenvalue weighted by atomic mass is 32.1. The van der Waals surface area contributed by atoms with E-state index in [0.717, 1.165) is 54.1 Å². The number of carbonyl (C=O) groups excluding carboxylic acids is 1. The maximum absolute atomic E-state index is 11.5. The number of thiazole rings is 1. The molecular formula is C26H27N7OS. The number of carbonyl (C=O) groups is 1. The summed E-state index contributed by atoms with van der Waals surface area (Å²) in [6.07, 6.45) is 3.55. The molecule has 0 aliphatic carbocycles. The van der Waals surface area contributed by atoms with E-state index < -0.39 is 0 Å². The second kappa shape index (κ2) is 10.2. The van der Waals surface area contributed by atoms with Gasteiger partial charge < -0.3 is 15.5 Å². The summed E-state index contributed by atoms with van der Waals surface area (Å²) in [7, 11) is 0. The number of piperidine rings is 1. The van der Waals surface area contributed by atoms with Crippen LogP contribution in [0, 0.1) is 6.92 Å². The molecule has 3 heterocycles. The topological polar surface area (TPSA) is 95.9 Å². The Morgan fingerprint density at radius 2 is 1.77 bits per heavy atom. The van der Waals surface area contributed by atoms with Crippen LogP contribution in [0.2, 0.25) is 0 Å². The van der Waals surface area contributed by atoms with E-state index in [4.69, 9.17) is 4.98 Å². The molecule has 1 aliphatic rings. The Kier molecular flexibility index (Phi) is 6.67. The first-order chi connectivity index (χ1) is 17.1. The quantitative estimate of drug-likeness (QED) is 0.378. The number of hydrogen-bond acceptors (Lipinski definition) is 8. The van der Waals surface area contributed by atoms with Crippen LogP contribution in [0.25, 0.3) is 11.3 Å². The first-order valence-electron chi connectivity index (χ1n) is 11.7. The van der Waals surface area contributed by atoms with Crippen LogP contribution in [-0.4, -0.2) is 38.9 Å². The number of hydrogen-bond donors (Lipinski definition) is 2. The number of anilines is 4.